The highest BCUT2D eigenvalue weighted by atomic mass is 32.2. The van der Waals surface area contributed by atoms with Crippen LogP contribution in [0.15, 0.2) is 28.4 Å². The third-order valence-corrected chi connectivity index (χ3v) is 3.61. The number of carboxylic acids is 1. The van der Waals surface area contributed by atoms with Crippen LogP contribution in [0.3, 0.4) is 0 Å². The maximum Gasteiger partial charge on any atom is 0.313 e. The average Bonchev–Trinajstić information content (AvgIpc) is 2.79. The maximum absolute atomic E-state index is 11.9. The smallest absolute Gasteiger partial charge is 0.313 e. The summed E-state index contributed by atoms with van der Waals surface area (Å²) in [4.78, 5) is 25.5. The molecule has 2 heterocycles. The molecule has 2 N–H and O–H groups in total. The van der Waals surface area contributed by atoms with Crippen molar-refractivity contribution in [3.8, 4) is 11.4 Å². The molecule has 0 amide bonds. The summed E-state index contributed by atoms with van der Waals surface area (Å²) in [5.41, 5.74) is 0.272. The van der Waals surface area contributed by atoms with Gasteiger partial charge in [-0.25, -0.2) is 0 Å². The first-order chi connectivity index (χ1) is 9.99. The Kier molecular flexibility index (Phi) is 4.79. The van der Waals surface area contributed by atoms with E-state index in [1.165, 1.54) is 6.07 Å². The van der Waals surface area contributed by atoms with Crippen LogP contribution in [0.1, 0.15) is 13.8 Å². The third-order valence-electron chi connectivity index (χ3n) is 2.65. The van der Waals surface area contributed by atoms with E-state index >= 15 is 0 Å². The first-order valence-electron chi connectivity index (χ1n) is 6.44. The zero-order valence-corrected chi connectivity index (χ0v) is 12.6. The van der Waals surface area contributed by atoms with Gasteiger partial charge in [0.25, 0.3) is 0 Å². The molecule has 2 rings (SSSR count). The predicted octanol–water partition coefficient (Wildman–Crippen LogP) is 1.47. The Morgan fingerprint density at radius 3 is 2.86 bits per heavy atom. The number of aromatic nitrogens is 4. The van der Waals surface area contributed by atoms with Crippen molar-refractivity contribution in [1.82, 2.24) is 19.7 Å². The second-order valence-corrected chi connectivity index (χ2v) is 5.86. The number of nitrogens with one attached hydrogen (secondary N) is 1. The third kappa shape index (κ3) is 3.72. The van der Waals surface area contributed by atoms with Gasteiger partial charge in [0, 0.05) is 25.0 Å². The van der Waals surface area contributed by atoms with Crippen molar-refractivity contribution in [3.63, 3.8) is 0 Å². The summed E-state index contributed by atoms with van der Waals surface area (Å²) < 4.78 is 1.79. The van der Waals surface area contributed by atoms with Gasteiger partial charge < -0.3 is 14.7 Å². The highest BCUT2D eigenvalue weighted by Gasteiger charge is 2.18. The van der Waals surface area contributed by atoms with Gasteiger partial charge in [-0.2, -0.15) is 0 Å². The van der Waals surface area contributed by atoms with E-state index in [9.17, 15) is 9.59 Å². The molecule has 0 fully saturated rings. The van der Waals surface area contributed by atoms with Crippen molar-refractivity contribution in [1.29, 1.82) is 0 Å². The second-order valence-electron chi connectivity index (χ2n) is 4.92. The molecule has 112 valence electrons. The fraction of sp³-hybridized carbons (Fsp3) is 0.385. The summed E-state index contributed by atoms with van der Waals surface area (Å²) in [7, 11) is 0. The van der Waals surface area contributed by atoms with E-state index in [1.54, 1.807) is 17.0 Å². The van der Waals surface area contributed by atoms with Gasteiger partial charge in [0.05, 0.1) is 11.3 Å². The van der Waals surface area contributed by atoms with E-state index in [4.69, 9.17) is 5.11 Å². The molecule has 0 aliphatic carbocycles. The van der Waals surface area contributed by atoms with E-state index < -0.39 is 5.97 Å². The number of thioether (sulfide) groups is 1. The van der Waals surface area contributed by atoms with E-state index in [0.717, 1.165) is 11.8 Å². The molecule has 21 heavy (non-hydrogen) atoms. The zero-order chi connectivity index (χ0) is 15.4. The van der Waals surface area contributed by atoms with E-state index in [2.05, 4.69) is 15.2 Å². The summed E-state index contributed by atoms with van der Waals surface area (Å²) in [6.45, 7) is 4.67. The minimum absolute atomic E-state index is 0.0959. The standard InChI is InChI=1S/C13H16N4O3S/c1-8(2)6-17-12(9-5-14-4-3-10(9)18)15-16-13(17)21-7-11(19)20/h3-5,8H,6-7H2,1-2H3,(H,14,18)(H,19,20). The van der Waals surface area contributed by atoms with Crippen molar-refractivity contribution in [2.24, 2.45) is 5.92 Å². The molecular formula is C13H16N4O3S. The van der Waals surface area contributed by atoms with Crippen LogP contribution in [-0.4, -0.2) is 36.6 Å². The van der Waals surface area contributed by atoms with Gasteiger partial charge in [-0.3, -0.25) is 9.59 Å². The zero-order valence-electron chi connectivity index (χ0n) is 11.7. The number of pyridine rings is 1. The number of hydrogen-bond donors (Lipinski definition) is 2. The lowest BCUT2D eigenvalue weighted by Crippen LogP contribution is -2.12. The van der Waals surface area contributed by atoms with Crippen LogP contribution in [0.4, 0.5) is 0 Å². The normalized spacial score (nSPS) is 11.0. The number of aliphatic carboxylic acids is 1. The van der Waals surface area contributed by atoms with Crippen LogP contribution in [0, 0.1) is 5.92 Å². The van der Waals surface area contributed by atoms with Crippen molar-refractivity contribution in [3.05, 3.63) is 28.7 Å². The van der Waals surface area contributed by atoms with Crippen LogP contribution >= 0.6 is 11.8 Å². The van der Waals surface area contributed by atoms with Gasteiger partial charge in [0.1, 0.15) is 0 Å². The minimum atomic E-state index is -0.918. The largest absolute Gasteiger partial charge is 0.481 e. The molecule has 2 aromatic rings. The Balaban J connectivity index is 2.44. The lowest BCUT2D eigenvalue weighted by Gasteiger charge is -2.11. The molecule has 0 saturated carbocycles. The van der Waals surface area contributed by atoms with Crippen molar-refractivity contribution in [2.75, 3.05) is 5.75 Å². The summed E-state index contributed by atoms with van der Waals surface area (Å²) in [5.74, 6) is -0.246. The quantitative estimate of drug-likeness (QED) is 0.784. The monoisotopic (exact) mass is 308 g/mol. The van der Waals surface area contributed by atoms with Gasteiger partial charge in [0.15, 0.2) is 16.4 Å². The average molecular weight is 308 g/mol. The Morgan fingerprint density at radius 1 is 1.48 bits per heavy atom. The van der Waals surface area contributed by atoms with E-state index in [1.807, 2.05) is 13.8 Å². The molecule has 0 atom stereocenters. The maximum atomic E-state index is 11.9. The molecule has 0 aliphatic heterocycles. The fourth-order valence-electron chi connectivity index (χ4n) is 1.84. The number of hydrogen-bond acceptors (Lipinski definition) is 5. The fourth-order valence-corrected chi connectivity index (χ4v) is 2.51. The topological polar surface area (TPSA) is 101 Å². The molecule has 0 spiro atoms. The molecule has 0 bridgehead atoms. The first kappa shape index (κ1) is 15.3. The Labute approximate surface area is 125 Å². The SMILES string of the molecule is CC(C)Cn1c(SCC(=O)O)nnc1-c1c[nH]ccc1=O. The highest BCUT2D eigenvalue weighted by Crippen LogP contribution is 2.23. The summed E-state index contributed by atoms with van der Waals surface area (Å²) >= 11 is 1.10. The van der Waals surface area contributed by atoms with Crippen LogP contribution in [0.2, 0.25) is 0 Å². The number of H-pyrrole nitrogens is 1. The van der Waals surface area contributed by atoms with E-state index in [-0.39, 0.29) is 11.2 Å². The molecule has 0 radical (unpaired) electrons. The van der Waals surface area contributed by atoms with E-state index in [0.29, 0.717) is 29.0 Å². The van der Waals surface area contributed by atoms with Crippen LogP contribution in [0.5, 0.6) is 0 Å². The molecule has 0 aliphatic rings. The van der Waals surface area contributed by atoms with Crippen LogP contribution < -0.4 is 5.43 Å². The molecular weight excluding hydrogens is 292 g/mol. The number of nitrogens with zero attached hydrogens (tertiary/aromatic N) is 3. The number of rotatable bonds is 6. The molecule has 2 aromatic heterocycles. The van der Waals surface area contributed by atoms with Gasteiger partial charge in [0.2, 0.25) is 0 Å². The first-order valence-corrected chi connectivity index (χ1v) is 7.43. The summed E-state index contributed by atoms with van der Waals surface area (Å²) in [6.07, 6.45) is 3.13. The van der Waals surface area contributed by atoms with Crippen molar-refractivity contribution >= 4 is 17.7 Å². The summed E-state index contributed by atoms with van der Waals surface area (Å²) in [6, 6.07) is 1.42. The number of carbonyl (C=O) groups is 1. The molecule has 0 unspecified atom stereocenters. The second kappa shape index (κ2) is 6.57. The van der Waals surface area contributed by atoms with Crippen LogP contribution in [0.25, 0.3) is 11.4 Å². The Morgan fingerprint density at radius 2 is 2.24 bits per heavy atom. The minimum Gasteiger partial charge on any atom is -0.481 e. The number of aromatic amines is 1. The van der Waals surface area contributed by atoms with Gasteiger partial charge in [-0.05, 0) is 5.92 Å². The highest BCUT2D eigenvalue weighted by molar-refractivity contribution is 7.99. The van der Waals surface area contributed by atoms with Gasteiger partial charge in [-0.15, -0.1) is 10.2 Å². The summed E-state index contributed by atoms with van der Waals surface area (Å²) in [5, 5.41) is 17.4. The van der Waals surface area contributed by atoms with Crippen LogP contribution in [-0.2, 0) is 11.3 Å². The molecule has 0 saturated heterocycles. The molecule has 7 nitrogen and oxygen atoms in total. The number of carboxylic acid groups (broad SMARTS) is 1. The van der Waals surface area contributed by atoms with Crippen molar-refractivity contribution in [2.45, 2.75) is 25.5 Å². The molecule has 0 aromatic carbocycles. The predicted molar refractivity (Wildman–Crippen MR) is 79.3 cm³/mol. The lowest BCUT2D eigenvalue weighted by molar-refractivity contribution is -0.133. The Bertz CT molecular complexity index is 693. The molecule has 8 heteroatoms. The lowest BCUT2D eigenvalue weighted by atomic mass is 10.2. The van der Waals surface area contributed by atoms with Gasteiger partial charge >= 0.3 is 5.97 Å². The van der Waals surface area contributed by atoms with Crippen molar-refractivity contribution < 1.29 is 9.90 Å². The Hall–Kier alpha value is -2.09. The van der Waals surface area contributed by atoms with Gasteiger partial charge in [-0.1, -0.05) is 25.6 Å².